The number of ketones is 2. The maximum Gasteiger partial charge on any atom is 0.269 e. The molecule has 1 aliphatic heterocycles. The molecule has 156 valence electrons. The number of rotatable bonds is 5. The van der Waals surface area contributed by atoms with Gasteiger partial charge >= 0.3 is 0 Å². The molecule has 0 bridgehead atoms. The van der Waals surface area contributed by atoms with Gasteiger partial charge in [0.05, 0.1) is 16.3 Å². The standard InChI is InChI=1S/C26H18N2O4/c29-25(18-7-2-1-3-8-18)22-16-23(26(30)19-10-12-20(13-11-19)28(31)32)27-15-14-17-6-4-5-9-21(17)24(22)27/h1-13,16H,14-15H2. The highest BCUT2D eigenvalue weighted by atomic mass is 16.6. The van der Waals surface area contributed by atoms with E-state index in [2.05, 4.69) is 0 Å². The van der Waals surface area contributed by atoms with Gasteiger partial charge in [-0.3, -0.25) is 19.7 Å². The number of carbonyl (C=O) groups excluding carboxylic acids is 2. The van der Waals surface area contributed by atoms with Crippen LogP contribution in [0.1, 0.15) is 37.5 Å². The zero-order chi connectivity index (χ0) is 22.2. The number of hydrogen-bond donors (Lipinski definition) is 0. The molecule has 0 saturated carbocycles. The maximum absolute atomic E-state index is 13.4. The zero-order valence-corrected chi connectivity index (χ0v) is 17.0. The highest BCUT2D eigenvalue weighted by Crippen LogP contribution is 2.36. The summed E-state index contributed by atoms with van der Waals surface area (Å²) < 4.78 is 1.91. The van der Waals surface area contributed by atoms with Crippen LogP contribution in [0.4, 0.5) is 5.69 Å². The van der Waals surface area contributed by atoms with E-state index in [-0.39, 0.29) is 17.3 Å². The first-order chi connectivity index (χ1) is 15.5. The summed E-state index contributed by atoms with van der Waals surface area (Å²) in [6.45, 7) is 0.572. The summed E-state index contributed by atoms with van der Waals surface area (Å²) in [6, 6.07) is 24.1. The Bertz CT molecular complexity index is 1370. The normalized spacial score (nSPS) is 12.0. The average molecular weight is 422 g/mol. The number of nitro benzene ring substituents is 1. The third-order valence-electron chi connectivity index (χ3n) is 5.83. The van der Waals surface area contributed by atoms with E-state index in [0.717, 1.165) is 23.2 Å². The number of hydrogen-bond acceptors (Lipinski definition) is 4. The van der Waals surface area contributed by atoms with Gasteiger partial charge in [-0.1, -0.05) is 54.6 Å². The van der Waals surface area contributed by atoms with Gasteiger partial charge in [0.25, 0.3) is 5.69 Å². The lowest BCUT2D eigenvalue weighted by atomic mass is 9.94. The second-order valence-electron chi connectivity index (χ2n) is 7.68. The number of carbonyl (C=O) groups is 2. The predicted octanol–water partition coefficient (Wildman–Crippen LogP) is 5.08. The summed E-state index contributed by atoms with van der Waals surface area (Å²) in [4.78, 5) is 37.3. The monoisotopic (exact) mass is 422 g/mol. The number of nitro groups is 1. The fourth-order valence-electron chi connectivity index (χ4n) is 4.26. The molecule has 5 rings (SSSR count). The molecule has 0 unspecified atom stereocenters. The Hall–Kier alpha value is -4.32. The van der Waals surface area contributed by atoms with Crippen LogP contribution < -0.4 is 0 Å². The fraction of sp³-hybridized carbons (Fsp3) is 0.0769. The molecule has 0 atom stereocenters. The van der Waals surface area contributed by atoms with Gasteiger partial charge in [-0.25, -0.2) is 0 Å². The van der Waals surface area contributed by atoms with Crippen LogP contribution in [-0.4, -0.2) is 21.1 Å². The van der Waals surface area contributed by atoms with Crippen LogP contribution in [0.15, 0.2) is 84.9 Å². The molecular formula is C26H18N2O4. The first kappa shape index (κ1) is 19.6. The van der Waals surface area contributed by atoms with E-state index < -0.39 is 4.92 Å². The highest BCUT2D eigenvalue weighted by molar-refractivity contribution is 6.16. The van der Waals surface area contributed by atoms with Gasteiger partial charge < -0.3 is 4.57 Å². The fourth-order valence-corrected chi connectivity index (χ4v) is 4.26. The SMILES string of the molecule is O=C(c1ccccc1)c1cc(C(=O)c2ccc([N+](=O)[O-])cc2)n2c1-c1ccccc1CC2. The molecular weight excluding hydrogens is 404 g/mol. The van der Waals surface area contributed by atoms with E-state index >= 15 is 0 Å². The number of aromatic nitrogens is 1. The maximum atomic E-state index is 13.4. The smallest absolute Gasteiger partial charge is 0.269 e. The lowest BCUT2D eigenvalue weighted by Gasteiger charge is -2.22. The quantitative estimate of drug-likeness (QED) is 0.255. The van der Waals surface area contributed by atoms with E-state index in [4.69, 9.17) is 0 Å². The number of aryl methyl sites for hydroxylation is 1. The Morgan fingerprint density at radius 1 is 0.812 bits per heavy atom. The van der Waals surface area contributed by atoms with Crippen LogP contribution in [-0.2, 0) is 13.0 Å². The molecule has 6 heteroatoms. The van der Waals surface area contributed by atoms with Crippen molar-refractivity contribution in [2.75, 3.05) is 0 Å². The van der Waals surface area contributed by atoms with Gasteiger partial charge in [0.15, 0.2) is 5.78 Å². The van der Waals surface area contributed by atoms with E-state index in [0.29, 0.717) is 28.9 Å². The summed E-state index contributed by atoms with van der Waals surface area (Å²) in [5, 5.41) is 11.0. The molecule has 1 aromatic heterocycles. The van der Waals surface area contributed by atoms with Gasteiger partial charge in [-0.15, -0.1) is 0 Å². The molecule has 0 spiro atoms. The number of fused-ring (bicyclic) bond motifs is 3. The molecule has 32 heavy (non-hydrogen) atoms. The van der Waals surface area contributed by atoms with Crippen molar-refractivity contribution in [3.8, 4) is 11.3 Å². The van der Waals surface area contributed by atoms with Gasteiger partial charge in [-0.2, -0.15) is 0 Å². The zero-order valence-electron chi connectivity index (χ0n) is 17.0. The van der Waals surface area contributed by atoms with Crippen LogP contribution in [0.3, 0.4) is 0 Å². The van der Waals surface area contributed by atoms with Crippen molar-refractivity contribution in [1.29, 1.82) is 0 Å². The van der Waals surface area contributed by atoms with E-state index in [9.17, 15) is 19.7 Å². The summed E-state index contributed by atoms with van der Waals surface area (Å²) in [6.07, 6.45) is 0.747. The van der Waals surface area contributed by atoms with Crippen LogP contribution in [0.2, 0.25) is 0 Å². The van der Waals surface area contributed by atoms with E-state index in [1.54, 1.807) is 18.2 Å². The molecule has 2 heterocycles. The predicted molar refractivity (Wildman–Crippen MR) is 120 cm³/mol. The Kier molecular flexibility index (Phi) is 4.75. The molecule has 0 aliphatic carbocycles. The highest BCUT2D eigenvalue weighted by Gasteiger charge is 2.29. The van der Waals surface area contributed by atoms with Crippen molar-refractivity contribution in [3.05, 3.63) is 123 Å². The lowest BCUT2D eigenvalue weighted by molar-refractivity contribution is -0.384. The molecule has 1 aliphatic rings. The van der Waals surface area contributed by atoms with E-state index in [1.165, 1.54) is 24.3 Å². The second kappa shape index (κ2) is 7.74. The molecule has 3 aromatic carbocycles. The Balaban J connectivity index is 1.67. The first-order valence-electron chi connectivity index (χ1n) is 10.3. The van der Waals surface area contributed by atoms with Gasteiger partial charge in [0.2, 0.25) is 5.78 Å². The third-order valence-corrected chi connectivity index (χ3v) is 5.83. The molecule has 0 N–H and O–H groups in total. The summed E-state index contributed by atoms with van der Waals surface area (Å²) >= 11 is 0. The Morgan fingerprint density at radius 2 is 1.47 bits per heavy atom. The summed E-state index contributed by atoms with van der Waals surface area (Å²) in [5.74, 6) is -0.415. The second-order valence-corrected chi connectivity index (χ2v) is 7.68. The minimum atomic E-state index is -0.499. The van der Waals surface area contributed by atoms with Crippen LogP contribution in [0.25, 0.3) is 11.3 Å². The average Bonchev–Trinajstić information content (AvgIpc) is 3.24. The molecule has 0 saturated heterocycles. The van der Waals surface area contributed by atoms with Crippen molar-refractivity contribution in [2.24, 2.45) is 0 Å². The van der Waals surface area contributed by atoms with Crippen LogP contribution >= 0.6 is 0 Å². The summed E-state index contributed by atoms with van der Waals surface area (Å²) in [7, 11) is 0. The topological polar surface area (TPSA) is 82.2 Å². The Labute approximate surface area is 183 Å². The van der Waals surface area contributed by atoms with Gasteiger partial charge in [0.1, 0.15) is 0 Å². The minimum absolute atomic E-state index is 0.0763. The van der Waals surface area contributed by atoms with Crippen molar-refractivity contribution in [3.63, 3.8) is 0 Å². The molecule has 0 amide bonds. The number of non-ortho nitro benzene ring substituents is 1. The molecule has 4 aromatic rings. The largest absolute Gasteiger partial charge is 0.337 e. The van der Waals surface area contributed by atoms with Crippen molar-refractivity contribution >= 4 is 17.3 Å². The first-order valence-corrected chi connectivity index (χ1v) is 10.3. The Morgan fingerprint density at radius 3 is 2.19 bits per heavy atom. The molecule has 0 fully saturated rings. The third kappa shape index (κ3) is 3.22. The van der Waals surface area contributed by atoms with Crippen LogP contribution in [0, 0.1) is 10.1 Å². The minimum Gasteiger partial charge on any atom is -0.337 e. The van der Waals surface area contributed by atoms with Gasteiger partial charge in [-0.05, 0) is 30.2 Å². The van der Waals surface area contributed by atoms with Crippen molar-refractivity contribution < 1.29 is 14.5 Å². The van der Waals surface area contributed by atoms with Crippen molar-refractivity contribution in [1.82, 2.24) is 4.57 Å². The van der Waals surface area contributed by atoms with Gasteiger partial charge in [0, 0.05) is 40.9 Å². The molecule has 6 nitrogen and oxygen atoms in total. The van der Waals surface area contributed by atoms with E-state index in [1.807, 2.05) is 47.0 Å². The van der Waals surface area contributed by atoms with Crippen molar-refractivity contribution in [2.45, 2.75) is 13.0 Å². The van der Waals surface area contributed by atoms with Crippen LogP contribution in [0.5, 0.6) is 0 Å². The summed E-state index contributed by atoms with van der Waals surface area (Å²) in [5.41, 5.74) is 4.52. The molecule has 0 radical (unpaired) electrons. The number of benzene rings is 3. The lowest BCUT2D eigenvalue weighted by Crippen LogP contribution is -2.17. The number of nitrogens with zero attached hydrogens (tertiary/aromatic N) is 2.